The Morgan fingerprint density at radius 1 is 1.14 bits per heavy atom. The first-order valence-corrected chi connectivity index (χ1v) is 13.6. The highest BCUT2D eigenvalue weighted by atomic mass is 35.5. The van der Waals surface area contributed by atoms with Crippen LogP contribution in [0.2, 0.25) is 0 Å². The lowest BCUT2D eigenvalue weighted by Crippen LogP contribution is -2.39. The zero-order valence-electron chi connectivity index (χ0n) is 19.9. The number of amides is 2. The largest absolute Gasteiger partial charge is 0.352 e. The standard InChI is InChI=1S/C25H27N5O2S2.2ClH/c1-33-24-19(6-4-12-27-24)25(32)29-13-9-17(10-14-29)5-3-11-26-23(31)20-15-18-16-28-21-7-2-8-22(34-20)30(18)21;;/h2,4,6-8,12,15-17H,3,5,9-11,13-14H2,1H3,(H,26,31);2*1H. The van der Waals surface area contributed by atoms with Gasteiger partial charge in [0.1, 0.15) is 10.7 Å². The topological polar surface area (TPSA) is 79.6 Å². The summed E-state index contributed by atoms with van der Waals surface area (Å²) in [5.41, 5.74) is 2.53. The number of rotatable bonds is 7. The molecular weight excluding hydrogens is 537 g/mol. The molecule has 192 valence electrons. The first-order valence-electron chi connectivity index (χ1n) is 11.6. The molecule has 0 spiro atoms. The van der Waals surface area contributed by atoms with Crippen LogP contribution in [0, 0.1) is 5.92 Å². The minimum atomic E-state index is -0.0315. The summed E-state index contributed by atoms with van der Waals surface area (Å²) in [4.78, 5) is 37.0. The second kappa shape index (κ2) is 12.9. The van der Waals surface area contributed by atoms with Crippen molar-refractivity contribution in [1.82, 2.24) is 24.6 Å². The molecule has 0 aliphatic carbocycles. The predicted molar refractivity (Wildman–Crippen MR) is 150 cm³/mol. The molecule has 7 nitrogen and oxygen atoms in total. The van der Waals surface area contributed by atoms with Gasteiger partial charge in [-0.1, -0.05) is 17.8 Å². The minimum absolute atomic E-state index is 0. The molecule has 2 aliphatic heterocycles. The summed E-state index contributed by atoms with van der Waals surface area (Å²) in [5.74, 6) is 0.638. The molecule has 36 heavy (non-hydrogen) atoms. The fourth-order valence-corrected chi connectivity index (χ4v) is 6.14. The maximum Gasteiger partial charge on any atom is 0.258 e. The molecule has 1 N–H and O–H groups in total. The number of likely N-dealkylation sites (tertiary alicyclic amines) is 1. The molecule has 1 saturated heterocycles. The average Bonchev–Trinajstić information content (AvgIpc) is 3.31. The van der Waals surface area contributed by atoms with Crippen molar-refractivity contribution >= 4 is 71.9 Å². The molecule has 0 bridgehead atoms. The lowest BCUT2D eigenvalue weighted by molar-refractivity contribution is -0.116. The Morgan fingerprint density at radius 3 is 2.72 bits per heavy atom. The van der Waals surface area contributed by atoms with Crippen molar-refractivity contribution in [3.8, 4) is 0 Å². The molecule has 0 radical (unpaired) electrons. The molecular formula is C25H29Cl2N5O2S2. The van der Waals surface area contributed by atoms with Gasteiger partial charge in [-0.25, -0.2) is 9.97 Å². The van der Waals surface area contributed by atoms with Crippen LogP contribution in [-0.4, -0.2) is 57.0 Å². The summed E-state index contributed by atoms with van der Waals surface area (Å²) in [6.07, 6.45) is 11.4. The van der Waals surface area contributed by atoms with Crippen LogP contribution in [0.15, 0.2) is 57.7 Å². The van der Waals surface area contributed by atoms with Crippen molar-refractivity contribution in [2.45, 2.75) is 35.7 Å². The van der Waals surface area contributed by atoms with Crippen LogP contribution < -0.4 is 5.32 Å². The summed E-state index contributed by atoms with van der Waals surface area (Å²) >= 11 is 2.99. The monoisotopic (exact) mass is 565 g/mol. The molecule has 2 amide bonds. The highest BCUT2D eigenvalue weighted by molar-refractivity contribution is 8.04. The first kappa shape index (κ1) is 28.4. The first-order chi connectivity index (χ1) is 16.6. The van der Waals surface area contributed by atoms with Gasteiger partial charge in [0.15, 0.2) is 0 Å². The molecule has 2 aliphatic rings. The average molecular weight is 567 g/mol. The summed E-state index contributed by atoms with van der Waals surface area (Å²) in [5, 5.41) is 4.88. The number of aromatic nitrogens is 3. The molecule has 3 aromatic heterocycles. The van der Waals surface area contributed by atoms with Gasteiger partial charge in [-0.2, -0.15) is 0 Å². The third-order valence-corrected chi connectivity index (χ3v) is 8.17. The van der Waals surface area contributed by atoms with Crippen LogP contribution in [0.4, 0.5) is 0 Å². The van der Waals surface area contributed by atoms with E-state index in [1.54, 1.807) is 12.4 Å². The van der Waals surface area contributed by atoms with Crippen LogP contribution >= 0.6 is 48.3 Å². The van der Waals surface area contributed by atoms with Crippen LogP contribution in [0.25, 0.3) is 11.7 Å². The van der Waals surface area contributed by atoms with Crippen molar-refractivity contribution in [1.29, 1.82) is 0 Å². The Kier molecular flexibility index (Phi) is 10.1. The van der Waals surface area contributed by atoms with Gasteiger partial charge in [0.05, 0.1) is 27.4 Å². The number of thioether (sulfide) groups is 2. The van der Waals surface area contributed by atoms with E-state index in [4.69, 9.17) is 0 Å². The minimum Gasteiger partial charge on any atom is -0.352 e. The number of hydrogen-bond donors (Lipinski definition) is 1. The van der Waals surface area contributed by atoms with Gasteiger partial charge in [0, 0.05) is 25.8 Å². The van der Waals surface area contributed by atoms with Gasteiger partial charge >= 0.3 is 0 Å². The molecule has 1 fully saturated rings. The Morgan fingerprint density at radius 2 is 1.94 bits per heavy atom. The number of carbonyl (C=O) groups is 2. The smallest absolute Gasteiger partial charge is 0.258 e. The zero-order valence-corrected chi connectivity index (χ0v) is 23.2. The summed E-state index contributed by atoms with van der Waals surface area (Å²) in [6, 6.07) is 9.63. The number of halogens is 2. The SMILES string of the molecule is CSc1ncccc1C(=O)N1CCC(CCCNC(=O)C2=Cc3cnc4cccc(n34)S2)CC1.Cl.Cl. The van der Waals surface area contributed by atoms with Gasteiger partial charge in [-0.15, -0.1) is 36.6 Å². The van der Waals surface area contributed by atoms with Crippen LogP contribution in [0.3, 0.4) is 0 Å². The Bertz CT molecular complexity index is 1260. The Labute approximate surface area is 231 Å². The van der Waals surface area contributed by atoms with Crippen LogP contribution in [0.5, 0.6) is 0 Å². The molecule has 0 unspecified atom stereocenters. The van der Waals surface area contributed by atoms with Crippen molar-refractivity contribution < 1.29 is 9.59 Å². The molecule has 11 heteroatoms. The van der Waals surface area contributed by atoms with E-state index >= 15 is 0 Å². The van der Waals surface area contributed by atoms with Crippen molar-refractivity contribution in [2.24, 2.45) is 5.92 Å². The number of nitrogens with one attached hydrogen (secondary N) is 1. The fourth-order valence-electron chi connectivity index (χ4n) is 4.59. The molecule has 3 aromatic rings. The highest BCUT2D eigenvalue weighted by Gasteiger charge is 2.25. The van der Waals surface area contributed by atoms with Gasteiger partial charge < -0.3 is 10.2 Å². The molecule has 0 atom stereocenters. The molecule has 0 aromatic carbocycles. The summed E-state index contributed by atoms with van der Waals surface area (Å²) in [7, 11) is 0. The number of hydrogen-bond acceptors (Lipinski definition) is 6. The molecule has 0 saturated carbocycles. The highest BCUT2D eigenvalue weighted by Crippen LogP contribution is 2.34. The van der Waals surface area contributed by atoms with E-state index < -0.39 is 0 Å². The third-order valence-electron chi connectivity index (χ3n) is 6.41. The summed E-state index contributed by atoms with van der Waals surface area (Å²) < 4.78 is 2.06. The van der Waals surface area contributed by atoms with E-state index in [1.165, 1.54) is 23.5 Å². The maximum absolute atomic E-state index is 12.9. The van der Waals surface area contributed by atoms with E-state index in [0.717, 1.165) is 60.2 Å². The number of imidazole rings is 1. The zero-order chi connectivity index (χ0) is 23.5. The molecule has 5 rings (SSSR count). The van der Waals surface area contributed by atoms with Gasteiger partial charge in [-0.05, 0) is 68.2 Å². The Balaban J connectivity index is 0.00000180. The molecule has 5 heterocycles. The maximum atomic E-state index is 12.9. The predicted octanol–water partition coefficient (Wildman–Crippen LogP) is 5.19. The normalized spacial score (nSPS) is 15.0. The van der Waals surface area contributed by atoms with Gasteiger partial charge in [0.25, 0.3) is 11.8 Å². The van der Waals surface area contributed by atoms with Gasteiger partial charge in [-0.3, -0.25) is 14.0 Å². The number of piperidine rings is 1. The Hall–Kier alpha value is -2.20. The van der Waals surface area contributed by atoms with E-state index in [0.29, 0.717) is 22.9 Å². The lowest BCUT2D eigenvalue weighted by atomic mass is 9.92. The summed E-state index contributed by atoms with van der Waals surface area (Å²) in [6.45, 7) is 2.22. The number of nitrogens with zero attached hydrogens (tertiary/aromatic N) is 4. The number of carbonyl (C=O) groups excluding carboxylic acids is 2. The van der Waals surface area contributed by atoms with Crippen molar-refractivity contribution in [3.63, 3.8) is 0 Å². The van der Waals surface area contributed by atoms with Gasteiger partial charge in [0.2, 0.25) is 0 Å². The van der Waals surface area contributed by atoms with Crippen molar-refractivity contribution in [3.05, 3.63) is 58.9 Å². The van der Waals surface area contributed by atoms with E-state index in [2.05, 4.69) is 19.7 Å². The second-order valence-electron chi connectivity index (χ2n) is 8.55. The number of pyridine rings is 2. The van der Waals surface area contributed by atoms with Crippen LogP contribution in [0.1, 0.15) is 41.7 Å². The van der Waals surface area contributed by atoms with Crippen molar-refractivity contribution in [2.75, 3.05) is 25.9 Å². The van der Waals surface area contributed by atoms with E-state index in [1.807, 2.05) is 47.6 Å². The van der Waals surface area contributed by atoms with E-state index in [-0.39, 0.29) is 36.6 Å². The third kappa shape index (κ3) is 6.02. The van der Waals surface area contributed by atoms with E-state index in [9.17, 15) is 9.59 Å². The second-order valence-corrected chi connectivity index (χ2v) is 10.4. The fraction of sp³-hybridized carbons (Fsp3) is 0.360. The quantitative estimate of drug-likeness (QED) is 0.313. The van der Waals surface area contributed by atoms with Crippen LogP contribution in [-0.2, 0) is 4.79 Å². The lowest BCUT2D eigenvalue weighted by Gasteiger charge is -2.32.